The molecule has 1 unspecified atom stereocenters. The molecule has 1 saturated carbocycles. The van der Waals surface area contributed by atoms with E-state index >= 15 is 0 Å². The van der Waals surface area contributed by atoms with E-state index in [0.717, 1.165) is 45.4 Å². The minimum absolute atomic E-state index is 0.0883. The van der Waals surface area contributed by atoms with Crippen LogP contribution in [-0.4, -0.2) is 60.5 Å². The number of urea groups is 1. The summed E-state index contributed by atoms with van der Waals surface area (Å²) in [4.78, 5) is 27.9. The molecule has 3 N–H and O–H groups in total. The van der Waals surface area contributed by atoms with Crippen LogP contribution >= 0.6 is 0 Å². The molecular formula is C18H32N4O2. The largest absolute Gasteiger partial charge is 0.368 e. The molecule has 6 nitrogen and oxygen atoms in total. The molecular weight excluding hydrogens is 304 g/mol. The molecule has 2 aliphatic heterocycles. The molecule has 0 bridgehead atoms. The minimum Gasteiger partial charge on any atom is -0.368 e. The van der Waals surface area contributed by atoms with Crippen LogP contribution in [0.1, 0.15) is 57.8 Å². The summed E-state index contributed by atoms with van der Waals surface area (Å²) in [6.45, 7) is 4.29. The quantitative estimate of drug-likeness (QED) is 0.750. The van der Waals surface area contributed by atoms with Crippen molar-refractivity contribution in [3.05, 3.63) is 0 Å². The normalized spacial score (nSPS) is 26.8. The molecule has 0 radical (unpaired) electrons. The van der Waals surface area contributed by atoms with Gasteiger partial charge in [-0.25, -0.2) is 4.79 Å². The van der Waals surface area contributed by atoms with Gasteiger partial charge in [0.2, 0.25) is 5.91 Å². The van der Waals surface area contributed by atoms with Gasteiger partial charge in [-0.1, -0.05) is 19.3 Å². The molecule has 0 aromatic rings. The molecule has 1 spiro atoms. The number of rotatable bonds is 5. The number of primary amides is 1. The van der Waals surface area contributed by atoms with Gasteiger partial charge in [-0.2, -0.15) is 0 Å². The summed E-state index contributed by atoms with van der Waals surface area (Å²) >= 11 is 0. The summed E-state index contributed by atoms with van der Waals surface area (Å²) in [5.74, 6) is -0.216. The SMILES string of the molecule is NC(=O)C1CCCN1CCCNC(=O)N1CCC2(CCCCC2)C1. The number of nitrogens with zero attached hydrogens (tertiary/aromatic N) is 2. The fourth-order valence-electron chi connectivity index (χ4n) is 4.82. The van der Waals surface area contributed by atoms with Crippen LogP contribution in [0.2, 0.25) is 0 Å². The van der Waals surface area contributed by atoms with Gasteiger partial charge >= 0.3 is 6.03 Å². The van der Waals surface area contributed by atoms with E-state index in [-0.39, 0.29) is 18.0 Å². The van der Waals surface area contributed by atoms with Gasteiger partial charge in [0, 0.05) is 26.2 Å². The summed E-state index contributed by atoms with van der Waals surface area (Å²) in [7, 11) is 0. The van der Waals surface area contributed by atoms with Gasteiger partial charge in [0.1, 0.15) is 0 Å². The molecule has 2 saturated heterocycles. The maximum absolute atomic E-state index is 12.4. The zero-order valence-corrected chi connectivity index (χ0v) is 14.8. The van der Waals surface area contributed by atoms with Crippen LogP contribution in [0.15, 0.2) is 0 Å². The maximum Gasteiger partial charge on any atom is 0.317 e. The van der Waals surface area contributed by atoms with Crippen molar-refractivity contribution >= 4 is 11.9 Å². The Kier molecular flexibility index (Phi) is 5.64. The highest BCUT2D eigenvalue weighted by atomic mass is 16.2. The van der Waals surface area contributed by atoms with Crippen LogP contribution in [0.3, 0.4) is 0 Å². The summed E-state index contributed by atoms with van der Waals surface area (Å²) < 4.78 is 0. The summed E-state index contributed by atoms with van der Waals surface area (Å²) in [6, 6.07) is -0.0178. The van der Waals surface area contributed by atoms with Crippen LogP contribution in [0.25, 0.3) is 0 Å². The van der Waals surface area contributed by atoms with E-state index in [1.807, 2.05) is 4.90 Å². The van der Waals surface area contributed by atoms with E-state index in [1.165, 1.54) is 38.5 Å². The molecule has 0 aromatic heterocycles. The smallest absolute Gasteiger partial charge is 0.317 e. The molecule has 3 rings (SSSR count). The Balaban J connectivity index is 1.35. The Labute approximate surface area is 145 Å². The Morgan fingerprint density at radius 3 is 2.62 bits per heavy atom. The Bertz CT molecular complexity index is 462. The molecule has 1 aliphatic carbocycles. The highest BCUT2D eigenvalue weighted by Gasteiger charge is 2.40. The minimum atomic E-state index is -0.216. The van der Waals surface area contributed by atoms with Crippen LogP contribution in [-0.2, 0) is 4.79 Å². The molecule has 136 valence electrons. The summed E-state index contributed by atoms with van der Waals surface area (Å²) in [5.41, 5.74) is 5.85. The van der Waals surface area contributed by atoms with E-state index in [0.29, 0.717) is 12.0 Å². The van der Waals surface area contributed by atoms with Gasteiger partial charge in [-0.05, 0) is 50.5 Å². The summed E-state index contributed by atoms with van der Waals surface area (Å²) in [6.07, 6.45) is 10.5. The lowest BCUT2D eigenvalue weighted by Gasteiger charge is -2.33. The molecule has 3 amide bonds. The summed E-state index contributed by atoms with van der Waals surface area (Å²) in [5, 5.41) is 3.06. The van der Waals surface area contributed by atoms with Crippen LogP contribution < -0.4 is 11.1 Å². The van der Waals surface area contributed by atoms with Gasteiger partial charge in [-0.15, -0.1) is 0 Å². The van der Waals surface area contributed by atoms with Crippen LogP contribution in [0, 0.1) is 5.41 Å². The van der Waals surface area contributed by atoms with Crippen molar-refractivity contribution in [3.63, 3.8) is 0 Å². The number of hydrogen-bond donors (Lipinski definition) is 2. The van der Waals surface area contributed by atoms with Crippen molar-refractivity contribution in [1.29, 1.82) is 0 Å². The van der Waals surface area contributed by atoms with Gasteiger partial charge in [0.05, 0.1) is 6.04 Å². The molecule has 24 heavy (non-hydrogen) atoms. The van der Waals surface area contributed by atoms with E-state index in [1.54, 1.807) is 0 Å². The third-order valence-corrected chi connectivity index (χ3v) is 6.23. The van der Waals surface area contributed by atoms with E-state index in [9.17, 15) is 9.59 Å². The van der Waals surface area contributed by atoms with Gasteiger partial charge in [0.15, 0.2) is 0 Å². The van der Waals surface area contributed by atoms with Crippen LogP contribution in [0.5, 0.6) is 0 Å². The second-order valence-corrected chi connectivity index (χ2v) is 7.91. The lowest BCUT2D eigenvalue weighted by Crippen LogP contribution is -2.43. The third kappa shape index (κ3) is 4.02. The average molecular weight is 336 g/mol. The second kappa shape index (κ2) is 7.72. The number of nitrogens with one attached hydrogen (secondary N) is 1. The number of carbonyl (C=O) groups excluding carboxylic acids is 2. The van der Waals surface area contributed by atoms with Gasteiger partial charge in [0.25, 0.3) is 0 Å². The standard InChI is InChI=1S/C18H32N4O2/c19-16(23)15-6-4-11-21(15)12-5-10-20-17(24)22-13-9-18(14-22)7-2-1-3-8-18/h15H,1-14H2,(H2,19,23)(H,20,24). The predicted molar refractivity (Wildman–Crippen MR) is 93.5 cm³/mol. The lowest BCUT2D eigenvalue weighted by atomic mass is 9.73. The number of carbonyl (C=O) groups is 2. The van der Waals surface area contributed by atoms with E-state index < -0.39 is 0 Å². The molecule has 3 fully saturated rings. The predicted octanol–water partition coefficient (Wildman–Crippen LogP) is 1.69. The highest BCUT2D eigenvalue weighted by Crippen LogP contribution is 2.43. The Morgan fingerprint density at radius 1 is 1.08 bits per heavy atom. The zero-order chi connectivity index (χ0) is 17.0. The fraction of sp³-hybridized carbons (Fsp3) is 0.889. The Hall–Kier alpha value is -1.30. The van der Waals surface area contributed by atoms with Crippen molar-refractivity contribution in [2.24, 2.45) is 11.1 Å². The first-order chi connectivity index (χ1) is 11.6. The van der Waals surface area contributed by atoms with Crippen molar-refractivity contribution < 1.29 is 9.59 Å². The van der Waals surface area contributed by atoms with Gasteiger partial charge in [-0.3, -0.25) is 9.69 Å². The van der Waals surface area contributed by atoms with Gasteiger partial charge < -0.3 is 16.0 Å². The third-order valence-electron chi connectivity index (χ3n) is 6.23. The first-order valence-electron chi connectivity index (χ1n) is 9.66. The first kappa shape index (κ1) is 17.5. The molecule has 0 aromatic carbocycles. The lowest BCUT2D eigenvalue weighted by molar-refractivity contribution is -0.122. The van der Waals surface area contributed by atoms with E-state index in [4.69, 9.17) is 5.73 Å². The maximum atomic E-state index is 12.4. The fourth-order valence-corrected chi connectivity index (χ4v) is 4.82. The highest BCUT2D eigenvalue weighted by molar-refractivity contribution is 5.80. The molecule has 1 atom stereocenters. The Morgan fingerprint density at radius 2 is 1.88 bits per heavy atom. The number of hydrogen-bond acceptors (Lipinski definition) is 3. The van der Waals surface area contributed by atoms with Crippen molar-refractivity contribution in [3.8, 4) is 0 Å². The van der Waals surface area contributed by atoms with Crippen molar-refractivity contribution in [1.82, 2.24) is 15.1 Å². The van der Waals surface area contributed by atoms with E-state index in [2.05, 4.69) is 10.2 Å². The number of amides is 3. The number of nitrogens with two attached hydrogens (primary N) is 1. The molecule has 3 aliphatic rings. The topological polar surface area (TPSA) is 78.7 Å². The van der Waals surface area contributed by atoms with Crippen molar-refractivity contribution in [2.45, 2.75) is 63.8 Å². The molecule has 2 heterocycles. The second-order valence-electron chi connectivity index (χ2n) is 7.91. The average Bonchev–Trinajstić information content (AvgIpc) is 3.20. The first-order valence-corrected chi connectivity index (χ1v) is 9.66. The molecule has 6 heteroatoms. The monoisotopic (exact) mass is 336 g/mol. The number of likely N-dealkylation sites (tertiary alicyclic amines) is 2. The zero-order valence-electron chi connectivity index (χ0n) is 14.8. The van der Waals surface area contributed by atoms with Crippen LogP contribution in [0.4, 0.5) is 4.79 Å². The van der Waals surface area contributed by atoms with Crippen molar-refractivity contribution in [2.75, 3.05) is 32.7 Å².